The average Bonchev–Trinajstić information content (AvgIpc) is 3.15. The first kappa shape index (κ1) is 21.6. The fourth-order valence-electron chi connectivity index (χ4n) is 4.42. The number of aliphatic imine (C=N–C) groups is 1. The van der Waals surface area contributed by atoms with Crippen LogP contribution in [0.4, 0.5) is 4.79 Å². The van der Waals surface area contributed by atoms with Gasteiger partial charge in [0.15, 0.2) is 0 Å². The molecular formula is C22H31N6O3+. The number of likely N-dealkylation sites (N-methyl/N-ethyl adjacent to an activating group) is 2. The SMILES string of the molecule is CN1C(=O)C2C(=NC(CN3CCN(Cc4ccccc4)CC3)=[N+]2CCCO)N(C)C1=O. The summed E-state index contributed by atoms with van der Waals surface area (Å²) in [4.78, 5) is 37.3. The number of carbonyl (C=O) groups is 2. The Kier molecular flexibility index (Phi) is 6.45. The minimum absolute atomic E-state index is 0.0444. The molecular weight excluding hydrogens is 396 g/mol. The molecule has 9 nitrogen and oxygen atoms in total. The van der Waals surface area contributed by atoms with E-state index in [2.05, 4.69) is 34.1 Å². The topological polar surface area (TPSA) is 82.7 Å². The van der Waals surface area contributed by atoms with Crippen LogP contribution in [-0.4, -0.2) is 119 Å². The van der Waals surface area contributed by atoms with Crippen molar-refractivity contribution in [3.63, 3.8) is 0 Å². The van der Waals surface area contributed by atoms with Crippen molar-refractivity contribution >= 4 is 23.6 Å². The number of benzene rings is 1. The van der Waals surface area contributed by atoms with Crippen LogP contribution in [0.1, 0.15) is 12.0 Å². The van der Waals surface area contributed by atoms with E-state index in [0.29, 0.717) is 25.3 Å². The molecule has 2 fully saturated rings. The number of carbonyl (C=O) groups excluding carboxylic acids is 2. The Bertz CT molecular complexity index is 892. The molecule has 0 spiro atoms. The van der Waals surface area contributed by atoms with Crippen molar-refractivity contribution in [1.82, 2.24) is 19.6 Å². The van der Waals surface area contributed by atoms with Crippen LogP contribution in [-0.2, 0) is 11.3 Å². The molecule has 2 saturated heterocycles. The van der Waals surface area contributed by atoms with E-state index in [1.54, 1.807) is 7.05 Å². The van der Waals surface area contributed by atoms with Gasteiger partial charge < -0.3 is 5.11 Å². The van der Waals surface area contributed by atoms with Crippen molar-refractivity contribution in [2.45, 2.75) is 19.0 Å². The predicted molar refractivity (Wildman–Crippen MR) is 117 cm³/mol. The summed E-state index contributed by atoms with van der Waals surface area (Å²) < 4.78 is 1.96. The van der Waals surface area contributed by atoms with Gasteiger partial charge in [0.1, 0.15) is 6.54 Å². The minimum Gasteiger partial charge on any atom is -0.396 e. The second-order valence-electron chi connectivity index (χ2n) is 8.34. The van der Waals surface area contributed by atoms with E-state index < -0.39 is 6.04 Å². The van der Waals surface area contributed by atoms with E-state index >= 15 is 0 Å². The molecule has 0 radical (unpaired) electrons. The van der Waals surface area contributed by atoms with E-state index in [1.165, 1.54) is 17.5 Å². The van der Waals surface area contributed by atoms with Gasteiger partial charge in [-0.25, -0.2) is 9.37 Å². The maximum Gasteiger partial charge on any atom is 0.333 e. The third kappa shape index (κ3) is 4.39. The van der Waals surface area contributed by atoms with Gasteiger partial charge in [-0.2, -0.15) is 0 Å². The lowest BCUT2D eigenvalue weighted by Gasteiger charge is -2.34. The van der Waals surface area contributed by atoms with Gasteiger partial charge in [-0.05, 0) is 10.6 Å². The van der Waals surface area contributed by atoms with Crippen molar-refractivity contribution in [2.75, 3.05) is 60.0 Å². The van der Waals surface area contributed by atoms with E-state index in [4.69, 9.17) is 4.99 Å². The highest BCUT2D eigenvalue weighted by atomic mass is 16.3. The second-order valence-corrected chi connectivity index (χ2v) is 8.34. The molecule has 0 aliphatic carbocycles. The van der Waals surface area contributed by atoms with E-state index in [1.807, 2.05) is 10.6 Å². The summed E-state index contributed by atoms with van der Waals surface area (Å²) >= 11 is 0. The maximum absolute atomic E-state index is 12.9. The van der Waals surface area contributed by atoms with Gasteiger partial charge in [0.2, 0.25) is 0 Å². The standard InChI is InChI=1S/C22H31N6O3/c1-24-20-19(21(30)25(2)22(24)31)28(9-6-14-29)18(23-20)16-27-12-10-26(11-13-27)15-17-7-4-3-5-8-17/h3-5,7-8,19,29H,6,9-16H2,1-2H3/q+1. The number of rotatable bonds is 7. The van der Waals surface area contributed by atoms with Crippen LogP contribution in [0.25, 0.3) is 0 Å². The summed E-state index contributed by atoms with van der Waals surface area (Å²) in [6, 6.07) is 9.54. The fraction of sp³-hybridized carbons (Fsp3) is 0.545. The molecule has 166 valence electrons. The quantitative estimate of drug-likeness (QED) is 0.615. The zero-order chi connectivity index (χ0) is 22.0. The van der Waals surface area contributed by atoms with Gasteiger partial charge >= 0.3 is 11.9 Å². The lowest BCUT2D eigenvalue weighted by Crippen LogP contribution is -2.61. The summed E-state index contributed by atoms with van der Waals surface area (Å²) in [5.74, 6) is 1.03. The Morgan fingerprint density at radius 2 is 1.65 bits per heavy atom. The highest BCUT2D eigenvalue weighted by Crippen LogP contribution is 2.20. The van der Waals surface area contributed by atoms with Crippen LogP contribution in [0.3, 0.4) is 0 Å². The number of nitrogens with zero attached hydrogens (tertiary/aromatic N) is 6. The summed E-state index contributed by atoms with van der Waals surface area (Å²) in [7, 11) is 3.17. The Morgan fingerprint density at radius 1 is 1.00 bits per heavy atom. The van der Waals surface area contributed by atoms with Crippen LogP contribution in [0.2, 0.25) is 0 Å². The number of amidine groups is 2. The summed E-state index contributed by atoms with van der Waals surface area (Å²) in [5, 5.41) is 9.34. The Labute approximate surface area is 182 Å². The summed E-state index contributed by atoms with van der Waals surface area (Å²) in [6.45, 7) is 5.93. The Morgan fingerprint density at radius 3 is 2.29 bits per heavy atom. The summed E-state index contributed by atoms with van der Waals surface area (Å²) in [6.07, 6.45) is 0.544. The third-order valence-electron chi connectivity index (χ3n) is 6.25. The highest BCUT2D eigenvalue weighted by Gasteiger charge is 2.52. The lowest BCUT2D eigenvalue weighted by atomic mass is 10.1. The van der Waals surface area contributed by atoms with Gasteiger partial charge in [-0.15, -0.1) is 0 Å². The van der Waals surface area contributed by atoms with Crippen LogP contribution in [0.5, 0.6) is 0 Å². The number of hydrogen-bond acceptors (Lipinski definition) is 6. The number of aliphatic hydroxyl groups is 1. The number of imide groups is 1. The number of aliphatic hydroxyl groups excluding tert-OH is 1. The van der Waals surface area contributed by atoms with E-state index in [9.17, 15) is 14.7 Å². The molecule has 1 atom stereocenters. The molecule has 1 aromatic rings. The number of piperazine rings is 1. The molecule has 3 heterocycles. The Hall–Kier alpha value is -2.62. The fourth-order valence-corrected chi connectivity index (χ4v) is 4.42. The molecule has 0 aromatic heterocycles. The van der Waals surface area contributed by atoms with Crippen molar-refractivity contribution < 1.29 is 19.3 Å². The molecule has 4 rings (SSSR count). The molecule has 31 heavy (non-hydrogen) atoms. The Balaban J connectivity index is 1.45. The first-order valence-corrected chi connectivity index (χ1v) is 10.9. The van der Waals surface area contributed by atoms with Crippen LogP contribution in [0.15, 0.2) is 35.3 Å². The second kappa shape index (κ2) is 9.25. The molecule has 1 N–H and O–H groups in total. The van der Waals surface area contributed by atoms with Crippen LogP contribution < -0.4 is 0 Å². The van der Waals surface area contributed by atoms with E-state index in [-0.39, 0.29) is 18.5 Å². The van der Waals surface area contributed by atoms with E-state index in [0.717, 1.165) is 43.5 Å². The van der Waals surface area contributed by atoms with Crippen molar-refractivity contribution in [3.05, 3.63) is 35.9 Å². The normalized spacial score (nSPS) is 22.9. The minimum atomic E-state index is -0.589. The molecule has 0 bridgehead atoms. The number of urea groups is 1. The maximum atomic E-state index is 12.9. The molecule has 3 aliphatic heterocycles. The first-order valence-electron chi connectivity index (χ1n) is 10.9. The van der Waals surface area contributed by atoms with Gasteiger partial charge in [-0.1, -0.05) is 30.3 Å². The summed E-state index contributed by atoms with van der Waals surface area (Å²) in [5.41, 5.74) is 1.32. The number of fused-ring (bicyclic) bond motifs is 1. The molecule has 9 heteroatoms. The zero-order valence-corrected chi connectivity index (χ0v) is 18.3. The smallest absolute Gasteiger partial charge is 0.333 e. The largest absolute Gasteiger partial charge is 0.396 e. The van der Waals surface area contributed by atoms with Crippen LogP contribution >= 0.6 is 0 Å². The van der Waals surface area contributed by atoms with Crippen molar-refractivity contribution in [2.24, 2.45) is 4.99 Å². The van der Waals surface area contributed by atoms with Crippen molar-refractivity contribution in [3.8, 4) is 0 Å². The van der Waals surface area contributed by atoms with Gasteiger partial charge in [0.25, 0.3) is 17.8 Å². The molecule has 1 aromatic carbocycles. The average molecular weight is 428 g/mol. The number of hydrogen-bond donors (Lipinski definition) is 1. The monoisotopic (exact) mass is 427 g/mol. The molecule has 1 unspecified atom stereocenters. The van der Waals surface area contributed by atoms with Crippen molar-refractivity contribution in [1.29, 1.82) is 0 Å². The van der Waals surface area contributed by atoms with Gasteiger partial charge in [0.05, 0.1) is 6.54 Å². The lowest BCUT2D eigenvalue weighted by molar-refractivity contribution is -0.537. The molecule has 0 saturated carbocycles. The highest BCUT2D eigenvalue weighted by molar-refractivity contribution is 6.23. The number of amides is 3. The predicted octanol–water partition coefficient (Wildman–Crippen LogP) is -0.0979. The molecule has 3 amide bonds. The third-order valence-corrected chi connectivity index (χ3v) is 6.25. The molecule has 3 aliphatic rings. The van der Waals surface area contributed by atoms with Crippen LogP contribution in [0, 0.1) is 0 Å². The zero-order valence-electron chi connectivity index (χ0n) is 18.3. The first-order chi connectivity index (χ1) is 15.0. The van der Waals surface area contributed by atoms with Gasteiger partial charge in [-0.3, -0.25) is 24.4 Å². The van der Waals surface area contributed by atoms with Gasteiger partial charge in [0, 0.05) is 59.8 Å².